The standard InChI is InChI=1S/C18H25N3O3S/c22-17(16-14-18(16)6-8-19-9-7-18)20-10-12-21(13-11-20)25(23,24)15-4-2-1-3-5-15/h1-5,16,19H,6-14H2. The summed E-state index contributed by atoms with van der Waals surface area (Å²) in [4.78, 5) is 15.0. The summed E-state index contributed by atoms with van der Waals surface area (Å²) in [6, 6.07) is 8.52. The van der Waals surface area contributed by atoms with E-state index in [0.29, 0.717) is 31.1 Å². The zero-order chi connectivity index (χ0) is 17.5. The fraction of sp³-hybridized carbons (Fsp3) is 0.611. The van der Waals surface area contributed by atoms with Gasteiger partial charge in [0.15, 0.2) is 0 Å². The molecule has 2 aliphatic heterocycles. The maximum absolute atomic E-state index is 12.8. The molecule has 0 radical (unpaired) electrons. The number of piperazine rings is 1. The molecule has 1 N–H and O–H groups in total. The third kappa shape index (κ3) is 3.09. The number of hydrogen-bond acceptors (Lipinski definition) is 4. The number of amides is 1. The third-order valence-corrected chi connectivity index (χ3v) is 7.93. The van der Waals surface area contributed by atoms with Crippen LogP contribution in [0.15, 0.2) is 35.2 Å². The fourth-order valence-electron chi connectivity index (χ4n) is 4.28. The molecule has 1 aromatic rings. The molecule has 1 atom stereocenters. The van der Waals surface area contributed by atoms with Crippen molar-refractivity contribution in [3.63, 3.8) is 0 Å². The fourth-order valence-corrected chi connectivity index (χ4v) is 5.73. The highest BCUT2D eigenvalue weighted by atomic mass is 32.2. The summed E-state index contributed by atoms with van der Waals surface area (Å²) in [7, 11) is -3.46. The molecule has 2 heterocycles. The maximum Gasteiger partial charge on any atom is 0.243 e. The van der Waals surface area contributed by atoms with E-state index in [4.69, 9.17) is 0 Å². The van der Waals surface area contributed by atoms with Crippen molar-refractivity contribution < 1.29 is 13.2 Å². The quantitative estimate of drug-likeness (QED) is 0.867. The molecule has 7 heteroatoms. The lowest BCUT2D eigenvalue weighted by Crippen LogP contribution is -2.51. The van der Waals surface area contributed by atoms with Crippen LogP contribution in [-0.2, 0) is 14.8 Å². The van der Waals surface area contributed by atoms with E-state index in [-0.39, 0.29) is 17.2 Å². The predicted octanol–water partition coefficient (Wildman–Crippen LogP) is 0.909. The van der Waals surface area contributed by atoms with Gasteiger partial charge in [-0.1, -0.05) is 18.2 Å². The molecule has 3 fully saturated rings. The van der Waals surface area contributed by atoms with Crippen LogP contribution in [0.2, 0.25) is 0 Å². The average Bonchev–Trinajstić information content (AvgIpc) is 3.35. The smallest absolute Gasteiger partial charge is 0.243 e. The topological polar surface area (TPSA) is 69.7 Å². The Morgan fingerprint density at radius 3 is 2.32 bits per heavy atom. The molecule has 136 valence electrons. The van der Waals surface area contributed by atoms with Crippen LogP contribution in [-0.4, -0.2) is 62.8 Å². The van der Waals surface area contributed by atoms with Crippen LogP contribution in [0.4, 0.5) is 0 Å². The Morgan fingerprint density at radius 1 is 1.04 bits per heavy atom. The summed E-state index contributed by atoms with van der Waals surface area (Å²) in [5, 5.41) is 3.36. The van der Waals surface area contributed by atoms with Crippen molar-refractivity contribution in [3.05, 3.63) is 30.3 Å². The lowest BCUT2D eigenvalue weighted by molar-refractivity contribution is -0.134. The van der Waals surface area contributed by atoms with Crippen LogP contribution in [0.3, 0.4) is 0 Å². The van der Waals surface area contributed by atoms with Gasteiger partial charge in [-0.2, -0.15) is 4.31 Å². The average molecular weight is 363 g/mol. The van der Waals surface area contributed by atoms with Crippen LogP contribution in [0.25, 0.3) is 0 Å². The number of benzene rings is 1. The normalized spacial score (nSPS) is 26.6. The van der Waals surface area contributed by atoms with E-state index in [9.17, 15) is 13.2 Å². The largest absolute Gasteiger partial charge is 0.340 e. The van der Waals surface area contributed by atoms with E-state index in [2.05, 4.69) is 5.32 Å². The number of piperidine rings is 1. The first-order valence-corrected chi connectivity index (χ1v) is 10.5. The zero-order valence-electron chi connectivity index (χ0n) is 14.4. The molecule has 1 amide bonds. The van der Waals surface area contributed by atoms with Crippen molar-refractivity contribution in [2.24, 2.45) is 11.3 Å². The second kappa shape index (κ2) is 6.37. The number of sulfonamides is 1. The highest BCUT2D eigenvalue weighted by Gasteiger charge is 2.58. The van der Waals surface area contributed by atoms with Crippen molar-refractivity contribution in [3.8, 4) is 0 Å². The Labute approximate surface area is 149 Å². The second-order valence-corrected chi connectivity index (χ2v) is 9.35. The highest BCUT2D eigenvalue weighted by molar-refractivity contribution is 7.89. The molecule has 1 aliphatic carbocycles. The molecule has 1 unspecified atom stereocenters. The van der Waals surface area contributed by atoms with Crippen LogP contribution in [0.5, 0.6) is 0 Å². The third-order valence-electron chi connectivity index (χ3n) is 6.02. The summed E-state index contributed by atoms with van der Waals surface area (Å²) in [6.07, 6.45) is 3.19. The Hall–Kier alpha value is -1.44. The van der Waals surface area contributed by atoms with E-state index in [1.54, 1.807) is 24.3 Å². The molecule has 1 aromatic carbocycles. The van der Waals surface area contributed by atoms with Crippen molar-refractivity contribution >= 4 is 15.9 Å². The van der Waals surface area contributed by atoms with Gasteiger partial charge < -0.3 is 10.2 Å². The van der Waals surface area contributed by atoms with Gasteiger partial charge in [0.05, 0.1) is 4.90 Å². The van der Waals surface area contributed by atoms with Crippen LogP contribution < -0.4 is 5.32 Å². The van der Waals surface area contributed by atoms with E-state index in [0.717, 1.165) is 32.4 Å². The number of rotatable bonds is 3. The van der Waals surface area contributed by atoms with E-state index in [1.807, 2.05) is 11.0 Å². The molecule has 0 aromatic heterocycles. The summed E-state index contributed by atoms with van der Waals surface area (Å²) in [6.45, 7) is 3.76. The van der Waals surface area contributed by atoms with E-state index >= 15 is 0 Å². The van der Waals surface area contributed by atoms with Gasteiger partial charge in [0.1, 0.15) is 0 Å². The second-order valence-electron chi connectivity index (χ2n) is 7.41. The van der Waals surface area contributed by atoms with Crippen LogP contribution in [0.1, 0.15) is 19.3 Å². The minimum atomic E-state index is -3.46. The summed E-state index contributed by atoms with van der Waals surface area (Å²) in [5.41, 5.74) is 0.232. The van der Waals surface area contributed by atoms with Crippen molar-refractivity contribution in [1.82, 2.24) is 14.5 Å². The van der Waals surface area contributed by atoms with Gasteiger partial charge in [0.25, 0.3) is 0 Å². The van der Waals surface area contributed by atoms with Gasteiger partial charge in [-0.15, -0.1) is 0 Å². The molecular formula is C18H25N3O3S. The van der Waals surface area contributed by atoms with Crippen molar-refractivity contribution in [1.29, 1.82) is 0 Å². The Bertz CT molecular complexity index is 736. The minimum absolute atomic E-state index is 0.159. The molecule has 6 nitrogen and oxygen atoms in total. The predicted molar refractivity (Wildman–Crippen MR) is 94.4 cm³/mol. The first-order valence-electron chi connectivity index (χ1n) is 9.08. The molecule has 1 spiro atoms. The first-order chi connectivity index (χ1) is 12.0. The van der Waals surface area contributed by atoms with E-state index < -0.39 is 10.0 Å². The number of carbonyl (C=O) groups excluding carboxylic acids is 1. The van der Waals surface area contributed by atoms with Gasteiger partial charge >= 0.3 is 0 Å². The van der Waals surface area contributed by atoms with Crippen molar-refractivity contribution in [2.45, 2.75) is 24.2 Å². The van der Waals surface area contributed by atoms with Crippen molar-refractivity contribution in [2.75, 3.05) is 39.3 Å². The van der Waals surface area contributed by atoms with Gasteiger partial charge in [-0.25, -0.2) is 8.42 Å². The van der Waals surface area contributed by atoms with Gasteiger partial charge in [-0.3, -0.25) is 4.79 Å². The number of nitrogens with zero attached hydrogens (tertiary/aromatic N) is 2. The van der Waals surface area contributed by atoms with E-state index in [1.165, 1.54) is 4.31 Å². The van der Waals surface area contributed by atoms with Gasteiger partial charge in [0, 0.05) is 32.1 Å². The molecule has 3 aliphatic rings. The van der Waals surface area contributed by atoms with Crippen LogP contribution >= 0.6 is 0 Å². The maximum atomic E-state index is 12.8. The Balaban J connectivity index is 1.37. The lowest BCUT2D eigenvalue weighted by atomic mass is 9.91. The Morgan fingerprint density at radius 2 is 1.68 bits per heavy atom. The van der Waals surface area contributed by atoms with Gasteiger partial charge in [-0.05, 0) is 49.9 Å². The monoisotopic (exact) mass is 363 g/mol. The Kier molecular flexibility index (Phi) is 4.33. The highest BCUT2D eigenvalue weighted by Crippen LogP contribution is 2.59. The summed E-state index contributed by atoms with van der Waals surface area (Å²) >= 11 is 0. The van der Waals surface area contributed by atoms with Crippen LogP contribution in [0, 0.1) is 11.3 Å². The first kappa shape index (κ1) is 17.0. The molecule has 4 rings (SSSR count). The molecule has 1 saturated carbocycles. The zero-order valence-corrected chi connectivity index (χ0v) is 15.2. The van der Waals surface area contributed by atoms with Gasteiger partial charge in [0.2, 0.25) is 15.9 Å². The summed E-state index contributed by atoms with van der Waals surface area (Å²) < 4.78 is 26.8. The SMILES string of the molecule is O=C(C1CC12CCNCC2)N1CCN(S(=O)(=O)c2ccccc2)CC1. The summed E-state index contributed by atoms with van der Waals surface area (Å²) in [5.74, 6) is 0.394. The number of hydrogen-bond donors (Lipinski definition) is 1. The number of carbonyl (C=O) groups is 1. The molecular weight excluding hydrogens is 338 g/mol. The molecule has 0 bridgehead atoms. The lowest BCUT2D eigenvalue weighted by Gasteiger charge is -2.35. The molecule has 2 saturated heterocycles. The molecule has 25 heavy (non-hydrogen) atoms. The number of nitrogens with one attached hydrogen (secondary N) is 1. The minimum Gasteiger partial charge on any atom is -0.340 e.